The summed E-state index contributed by atoms with van der Waals surface area (Å²) in [5.74, 6) is -1.22. The van der Waals surface area contributed by atoms with Gasteiger partial charge in [0.25, 0.3) is 11.8 Å². The van der Waals surface area contributed by atoms with Crippen LogP contribution >= 0.6 is 11.6 Å². The van der Waals surface area contributed by atoms with Gasteiger partial charge in [0.15, 0.2) is 0 Å². The molecule has 0 radical (unpaired) electrons. The first kappa shape index (κ1) is 24.6. The average Bonchev–Trinajstić information content (AvgIpc) is 2.88. The van der Waals surface area contributed by atoms with Crippen LogP contribution in [-0.2, 0) is 4.79 Å². The number of nitrogens with zero attached hydrogens (tertiary/aromatic N) is 1. The summed E-state index contributed by atoms with van der Waals surface area (Å²) < 4.78 is 5.68. The lowest BCUT2D eigenvalue weighted by Crippen LogP contribution is -2.35. The van der Waals surface area contributed by atoms with Crippen LogP contribution in [-0.4, -0.2) is 30.5 Å². The number of hydrogen-bond acceptors (Lipinski definition) is 5. The summed E-state index contributed by atoms with van der Waals surface area (Å²) in [4.78, 5) is 37.2. The minimum atomic E-state index is -0.537. The Bertz CT molecular complexity index is 1480. The predicted molar refractivity (Wildman–Crippen MR) is 140 cm³/mol. The fourth-order valence-electron chi connectivity index (χ4n) is 3.54. The second kappa shape index (κ2) is 11.3. The van der Waals surface area contributed by atoms with Crippen LogP contribution in [0.2, 0.25) is 5.02 Å². The molecule has 0 unspecified atom stereocenters. The second-order valence-electron chi connectivity index (χ2n) is 7.91. The van der Waals surface area contributed by atoms with Gasteiger partial charge in [-0.05, 0) is 48.0 Å². The van der Waals surface area contributed by atoms with Gasteiger partial charge in [0, 0.05) is 5.56 Å². The number of fused-ring (bicyclic) bond motifs is 1. The van der Waals surface area contributed by atoms with Crippen LogP contribution in [0.1, 0.15) is 31.8 Å². The van der Waals surface area contributed by atoms with E-state index in [4.69, 9.17) is 16.3 Å². The van der Waals surface area contributed by atoms with E-state index in [1.807, 2.05) is 43.3 Å². The van der Waals surface area contributed by atoms with Gasteiger partial charge in [0.1, 0.15) is 5.75 Å². The number of amides is 2. The highest BCUT2D eigenvalue weighted by molar-refractivity contribution is 6.33. The molecule has 4 rings (SSSR count). The molecule has 36 heavy (non-hydrogen) atoms. The fourth-order valence-corrected chi connectivity index (χ4v) is 3.76. The van der Waals surface area contributed by atoms with Crippen molar-refractivity contribution in [1.29, 1.82) is 0 Å². The smallest absolute Gasteiger partial charge is 0.343 e. The number of rotatable bonds is 7. The molecule has 0 aliphatic heterocycles. The van der Waals surface area contributed by atoms with Gasteiger partial charge < -0.3 is 10.1 Å². The lowest BCUT2D eigenvalue weighted by molar-refractivity contribution is -0.120. The molecule has 2 amide bonds. The average molecular weight is 500 g/mol. The Morgan fingerprint density at radius 1 is 0.944 bits per heavy atom. The molecule has 0 bridgehead atoms. The van der Waals surface area contributed by atoms with Crippen LogP contribution < -0.4 is 15.5 Å². The summed E-state index contributed by atoms with van der Waals surface area (Å²) in [6.07, 6.45) is 1.41. The number of benzene rings is 4. The van der Waals surface area contributed by atoms with Crippen molar-refractivity contribution in [1.82, 2.24) is 10.7 Å². The summed E-state index contributed by atoms with van der Waals surface area (Å²) in [5, 5.41) is 8.51. The minimum absolute atomic E-state index is 0.270. The lowest BCUT2D eigenvalue weighted by Gasteiger charge is -2.11. The van der Waals surface area contributed by atoms with E-state index < -0.39 is 17.8 Å². The molecule has 0 aromatic heterocycles. The molecule has 4 aromatic rings. The van der Waals surface area contributed by atoms with Gasteiger partial charge in [-0.1, -0.05) is 71.8 Å². The van der Waals surface area contributed by atoms with Gasteiger partial charge >= 0.3 is 5.97 Å². The summed E-state index contributed by atoms with van der Waals surface area (Å²) in [7, 11) is 0. The quantitative estimate of drug-likeness (QED) is 0.163. The monoisotopic (exact) mass is 499 g/mol. The molecule has 8 heteroatoms. The Morgan fingerprint density at radius 3 is 2.53 bits per heavy atom. The zero-order valence-corrected chi connectivity index (χ0v) is 20.1. The molecule has 0 spiro atoms. The van der Waals surface area contributed by atoms with E-state index >= 15 is 0 Å². The first-order chi connectivity index (χ1) is 17.4. The van der Waals surface area contributed by atoms with E-state index in [0.717, 1.165) is 16.3 Å². The third-order valence-electron chi connectivity index (χ3n) is 5.30. The summed E-state index contributed by atoms with van der Waals surface area (Å²) >= 11 is 6.01. The van der Waals surface area contributed by atoms with Gasteiger partial charge in [-0.3, -0.25) is 9.59 Å². The molecule has 0 aliphatic rings. The van der Waals surface area contributed by atoms with Crippen LogP contribution in [0.25, 0.3) is 10.8 Å². The Hall–Kier alpha value is -4.49. The van der Waals surface area contributed by atoms with Crippen molar-refractivity contribution < 1.29 is 19.1 Å². The zero-order valence-electron chi connectivity index (χ0n) is 19.3. The van der Waals surface area contributed by atoms with E-state index in [0.29, 0.717) is 16.9 Å². The summed E-state index contributed by atoms with van der Waals surface area (Å²) in [5.41, 5.74) is 4.54. The number of aryl methyl sites for hydroxylation is 1. The Kier molecular flexibility index (Phi) is 7.72. The topological polar surface area (TPSA) is 96.9 Å². The van der Waals surface area contributed by atoms with Gasteiger partial charge in [-0.2, -0.15) is 5.10 Å². The largest absolute Gasteiger partial charge is 0.422 e. The normalized spacial score (nSPS) is 10.8. The van der Waals surface area contributed by atoms with Gasteiger partial charge in [0.2, 0.25) is 0 Å². The Balaban J connectivity index is 1.48. The predicted octanol–water partition coefficient (Wildman–Crippen LogP) is 4.90. The Labute approximate surface area is 212 Å². The molecule has 7 nitrogen and oxygen atoms in total. The van der Waals surface area contributed by atoms with Crippen LogP contribution in [0.5, 0.6) is 5.75 Å². The fraction of sp³-hybridized carbons (Fsp3) is 0.0714. The molecule has 0 atom stereocenters. The maximum absolute atomic E-state index is 12.7. The first-order valence-corrected chi connectivity index (χ1v) is 11.5. The number of esters is 1. The van der Waals surface area contributed by atoms with Crippen molar-refractivity contribution in [3.05, 3.63) is 112 Å². The van der Waals surface area contributed by atoms with E-state index in [9.17, 15) is 14.4 Å². The standard InChI is InChI=1S/C28H22ClN3O4/c1-18-7-6-9-20(15-18)28(35)36-25-14-13-19-8-2-3-10-21(19)23(25)16-31-32-26(33)17-30-27(34)22-11-4-5-12-24(22)29/h2-16H,17H2,1H3,(H,30,34)(H,32,33)/b31-16+. The van der Waals surface area contributed by atoms with Crippen LogP contribution in [0.3, 0.4) is 0 Å². The molecule has 180 valence electrons. The van der Waals surface area contributed by atoms with Crippen LogP contribution in [0.4, 0.5) is 0 Å². The molecule has 2 N–H and O–H groups in total. The maximum atomic E-state index is 12.7. The van der Waals surface area contributed by atoms with E-state index in [1.54, 1.807) is 48.5 Å². The third kappa shape index (κ3) is 5.95. The molecule has 0 aliphatic carbocycles. The molecular weight excluding hydrogens is 478 g/mol. The number of hydrazone groups is 1. The highest BCUT2D eigenvalue weighted by atomic mass is 35.5. The number of halogens is 1. The van der Waals surface area contributed by atoms with Crippen LogP contribution in [0, 0.1) is 6.92 Å². The van der Waals surface area contributed by atoms with Crippen molar-refractivity contribution in [2.24, 2.45) is 5.10 Å². The second-order valence-corrected chi connectivity index (χ2v) is 8.32. The van der Waals surface area contributed by atoms with Crippen molar-refractivity contribution in [3.8, 4) is 5.75 Å². The van der Waals surface area contributed by atoms with Gasteiger partial charge in [0.05, 0.1) is 28.9 Å². The maximum Gasteiger partial charge on any atom is 0.343 e. The van der Waals surface area contributed by atoms with E-state index in [1.165, 1.54) is 6.21 Å². The lowest BCUT2D eigenvalue weighted by atomic mass is 10.0. The summed E-state index contributed by atoms with van der Waals surface area (Å²) in [6.45, 7) is 1.59. The molecule has 4 aromatic carbocycles. The number of carbonyl (C=O) groups is 3. The molecule has 0 fully saturated rings. The molecule has 0 heterocycles. The number of nitrogens with one attached hydrogen (secondary N) is 2. The number of hydrogen-bond donors (Lipinski definition) is 2. The highest BCUT2D eigenvalue weighted by Gasteiger charge is 2.14. The molecule has 0 saturated heterocycles. The Morgan fingerprint density at radius 2 is 1.72 bits per heavy atom. The van der Waals surface area contributed by atoms with E-state index in [-0.39, 0.29) is 17.1 Å². The SMILES string of the molecule is Cc1cccc(C(=O)Oc2ccc3ccccc3c2/C=N/NC(=O)CNC(=O)c2ccccc2Cl)c1. The van der Waals surface area contributed by atoms with Crippen molar-refractivity contribution in [2.45, 2.75) is 6.92 Å². The first-order valence-electron chi connectivity index (χ1n) is 11.1. The summed E-state index contributed by atoms with van der Waals surface area (Å²) in [6, 6.07) is 24.7. The molecular formula is C28H22ClN3O4. The third-order valence-corrected chi connectivity index (χ3v) is 5.63. The van der Waals surface area contributed by atoms with Gasteiger partial charge in [-0.25, -0.2) is 10.2 Å². The van der Waals surface area contributed by atoms with Crippen molar-refractivity contribution >= 4 is 46.4 Å². The number of carbonyl (C=O) groups excluding carboxylic acids is 3. The molecule has 0 saturated carbocycles. The van der Waals surface area contributed by atoms with Crippen molar-refractivity contribution in [3.63, 3.8) is 0 Å². The van der Waals surface area contributed by atoms with E-state index in [2.05, 4.69) is 15.8 Å². The highest BCUT2D eigenvalue weighted by Crippen LogP contribution is 2.27. The zero-order chi connectivity index (χ0) is 25.5. The number of ether oxygens (including phenoxy) is 1. The van der Waals surface area contributed by atoms with Crippen molar-refractivity contribution in [2.75, 3.05) is 6.54 Å². The van der Waals surface area contributed by atoms with Crippen LogP contribution in [0.15, 0.2) is 90.0 Å². The minimum Gasteiger partial charge on any atom is -0.422 e. The van der Waals surface area contributed by atoms with Gasteiger partial charge in [-0.15, -0.1) is 0 Å².